The van der Waals surface area contributed by atoms with Crippen LogP contribution in [0.4, 0.5) is 5.69 Å². The second-order valence-electron chi connectivity index (χ2n) is 4.92. The topological polar surface area (TPSA) is 86.5 Å². The lowest BCUT2D eigenvalue weighted by molar-refractivity contribution is -0.115. The van der Waals surface area contributed by atoms with Gasteiger partial charge in [-0.15, -0.1) is 11.3 Å². The van der Waals surface area contributed by atoms with Crippen LogP contribution in [0.5, 0.6) is 11.5 Å². The average molecular weight is 319 g/mol. The van der Waals surface area contributed by atoms with Gasteiger partial charge in [0.25, 0.3) is 0 Å². The fourth-order valence-corrected chi connectivity index (χ4v) is 2.98. The van der Waals surface area contributed by atoms with Gasteiger partial charge in [0.1, 0.15) is 0 Å². The number of nitrogens with one attached hydrogen (secondary N) is 1. The van der Waals surface area contributed by atoms with E-state index in [0.717, 1.165) is 23.5 Å². The molecule has 2 heterocycles. The van der Waals surface area contributed by atoms with Gasteiger partial charge in [-0.2, -0.15) is 0 Å². The Morgan fingerprint density at radius 1 is 1.36 bits per heavy atom. The van der Waals surface area contributed by atoms with E-state index < -0.39 is 0 Å². The van der Waals surface area contributed by atoms with Gasteiger partial charge in [-0.05, 0) is 25.1 Å². The Morgan fingerprint density at radius 3 is 3.09 bits per heavy atom. The minimum atomic E-state index is -0.102. The first kappa shape index (κ1) is 14.8. The maximum Gasteiger partial charge on any atom is 0.231 e. The average Bonchev–Trinajstić information content (AvgIpc) is 3.13. The van der Waals surface area contributed by atoms with Crippen LogP contribution < -0.4 is 20.5 Å². The summed E-state index contributed by atoms with van der Waals surface area (Å²) >= 11 is 1.57. The number of anilines is 1. The van der Waals surface area contributed by atoms with Crippen molar-refractivity contribution in [3.63, 3.8) is 0 Å². The fraction of sp³-hybridized carbons (Fsp3) is 0.333. The van der Waals surface area contributed by atoms with Gasteiger partial charge in [-0.25, -0.2) is 4.98 Å². The molecule has 0 saturated carbocycles. The van der Waals surface area contributed by atoms with E-state index in [0.29, 0.717) is 23.7 Å². The van der Waals surface area contributed by atoms with Crippen LogP contribution in [0.25, 0.3) is 0 Å². The van der Waals surface area contributed by atoms with Crippen molar-refractivity contribution in [3.05, 3.63) is 34.3 Å². The van der Waals surface area contributed by atoms with Crippen molar-refractivity contribution in [2.45, 2.75) is 19.3 Å². The molecule has 7 heteroatoms. The van der Waals surface area contributed by atoms with E-state index in [2.05, 4.69) is 10.3 Å². The molecule has 0 bridgehead atoms. The molecule has 0 aliphatic carbocycles. The second kappa shape index (κ2) is 6.76. The van der Waals surface area contributed by atoms with Crippen LogP contribution in [0.1, 0.15) is 17.1 Å². The van der Waals surface area contributed by atoms with E-state index in [-0.39, 0.29) is 19.1 Å². The van der Waals surface area contributed by atoms with Crippen molar-refractivity contribution < 1.29 is 14.3 Å². The number of carbonyl (C=O) groups is 1. The molecule has 3 N–H and O–H groups in total. The van der Waals surface area contributed by atoms with Gasteiger partial charge in [0.05, 0.1) is 17.1 Å². The lowest BCUT2D eigenvalue weighted by atomic mass is 10.2. The van der Waals surface area contributed by atoms with Crippen LogP contribution in [0.15, 0.2) is 23.6 Å². The predicted molar refractivity (Wildman–Crippen MR) is 84.4 cm³/mol. The molecule has 6 nitrogen and oxygen atoms in total. The largest absolute Gasteiger partial charge is 0.454 e. The summed E-state index contributed by atoms with van der Waals surface area (Å²) in [6, 6.07) is 5.33. The Balaban J connectivity index is 1.57. The zero-order valence-electron chi connectivity index (χ0n) is 12.0. The number of ether oxygens (including phenoxy) is 2. The Labute approximate surface area is 132 Å². The Kier molecular flexibility index (Phi) is 4.55. The molecule has 0 unspecified atom stereocenters. The number of hydrogen-bond acceptors (Lipinski definition) is 6. The molecule has 1 aliphatic heterocycles. The number of fused-ring (bicyclic) bond motifs is 1. The SMILES string of the molecule is NCCCc1nc(CC(=O)Nc2ccc3c(c2)OCO3)cs1. The number of carbonyl (C=O) groups excluding carboxylic acids is 1. The molecule has 0 saturated heterocycles. The molecule has 2 aromatic rings. The van der Waals surface area contributed by atoms with E-state index >= 15 is 0 Å². The lowest BCUT2D eigenvalue weighted by Gasteiger charge is -2.05. The Morgan fingerprint density at radius 2 is 2.23 bits per heavy atom. The fourth-order valence-electron chi connectivity index (χ4n) is 2.14. The molecular formula is C15H17N3O3S. The van der Waals surface area contributed by atoms with Crippen molar-refractivity contribution in [1.29, 1.82) is 0 Å². The number of aromatic nitrogens is 1. The predicted octanol–water partition coefficient (Wildman–Crippen LogP) is 1.94. The van der Waals surface area contributed by atoms with E-state index in [1.54, 1.807) is 29.5 Å². The molecule has 1 amide bonds. The molecule has 1 aromatic carbocycles. The molecule has 3 rings (SSSR count). The van der Waals surface area contributed by atoms with Gasteiger partial charge in [-0.1, -0.05) is 0 Å². The van der Waals surface area contributed by atoms with Crippen LogP contribution in [0.2, 0.25) is 0 Å². The quantitative estimate of drug-likeness (QED) is 0.850. The van der Waals surface area contributed by atoms with Crippen molar-refractivity contribution in [2.24, 2.45) is 5.73 Å². The van der Waals surface area contributed by atoms with Crippen molar-refractivity contribution >= 4 is 22.9 Å². The first-order valence-corrected chi connectivity index (χ1v) is 7.95. The van der Waals surface area contributed by atoms with Crippen molar-refractivity contribution in [2.75, 3.05) is 18.7 Å². The van der Waals surface area contributed by atoms with E-state index in [1.165, 1.54) is 0 Å². The third-order valence-electron chi connectivity index (χ3n) is 3.19. The number of hydrogen-bond donors (Lipinski definition) is 2. The van der Waals surface area contributed by atoms with E-state index in [4.69, 9.17) is 15.2 Å². The lowest BCUT2D eigenvalue weighted by Crippen LogP contribution is -2.14. The minimum absolute atomic E-state index is 0.102. The van der Waals surface area contributed by atoms with Gasteiger partial charge in [0, 0.05) is 23.6 Å². The third kappa shape index (κ3) is 3.55. The number of aryl methyl sites for hydroxylation is 1. The minimum Gasteiger partial charge on any atom is -0.454 e. The monoisotopic (exact) mass is 319 g/mol. The molecule has 116 valence electrons. The first-order chi connectivity index (χ1) is 10.7. The maximum absolute atomic E-state index is 12.1. The highest BCUT2D eigenvalue weighted by atomic mass is 32.1. The summed E-state index contributed by atoms with van der Waals surface area (Å²) in [5.41, 5.74) is 6.96. The summed E-state index contributed by atoms with van der Waals surface area (Å²) in [5, 5.41) is 5.79. The smallest absolute Gasteiger partial charge is 0.231 e. The zero-order valence-corrected chi connectivity index (χ0v) is 12.8. The van der Waals surface area contributed by atoms with E-state index in [9.17, 15) is 4.79 Å². The molecule has 22 heavy (non-hydrogen) atoms. The number of thiazole rings is 1. The van der Waals surface area contributed by atoms with Crippen LogP contribution in [0, 0.1) is 0 Å². The van der Waals surface area contributed by atoms with Gasteiger partial charge >= 0.3 is 0 Å². The van der Waals surface area contributed by atoms with Crippen LogP contribution in [-0.4, -0.2) is 24.2 Å². The molecule has 0 atom stereocenters. The van der Waals surface area contributed by atoms with Gasteiger partial charge in [0.2, 0.25) is 12.7 Å². The van der Waals surface area contributed by atoms with Crippen molar-refractivity contribution in [1.82, 2.24) is 4.98 Å². The van der Waals surface area contributed by atoms with Crippen LogP contribution in [0.3, 0.4) is 0 Å². The first-order valence-electron chi connectivity index (χ1n) is 7.07. The summed E-state index contributed by atoms with van der Waals surface area (Å²) in [6.07, 6.45) is 2.04. The zero-order chi connectivity index (χ0) is 15.4. The summed E-state index contributed by atoms with van der Waals surface area (Å²) < 4.78 is 10.5. The number of benzene rings is 1. The number of nitrogens with zero attached hydrogens (tertiary/aromatic N) is 1. The van der Waals surface area contributed by atoms with Crippen LogP contribution in [-0.2, 0) is 17.6 Å². The number of amides is 1. The normalized spacial score (nSPS) is 12.4. The summed E-state index contributed by atoms with van der Waals surface area (Å²) in [5.74, 6) is 1.24. The third-order valence-corrected chi connectivity index (χ3v) is 4.15. The molecule has 0 fully saturated rings. The van der Waals surface area contributed by atoms with Gasteiger partial charge < -0.3 is 20.5 Å². The van der Waals surface area contributed by atoms with Crippen molar-refractivity contribution in [3.8, 4) is 11.5 Å². The highest BCUT2D eigenvalue weighted by Crippen LogP contribution is 2.34. The number of rotatable bonds is 6. The Bertz CT molecular complexity index is 672. The van der Waals surface area contributed by atoms with Crippen LogP contribution >= 0.6 is 11.3 Å². The highest BCUT2D eigenvalue weighted by molar-refractivity contribution is 7.09. The summed E-state index contributed by atoms with van der Waals surface area (Å²) in [4.78, 5) is 16.5. The van der Waals surface area contributed by atoms with E-state index in [1.807, 2.05) is 5.38 Å². The second-order valence-corrected chi connectivity index (χ2v) is 5.86. The standard InChI is InChI=1S/C15H17N3O3S/c16-5-1-2-15-18-11(8-22-15)7-14(19)17-10-3-4-12-13(6-10)21-9-20-12/h3-4,6,8H,1-2,5,7,9,16H2,(H,17,19). The molecule has 0 spiro atoms. The molecular weight excluding hydrogens is 302 g/mol. The summed E-state index contributed by atoms with van der Waals surface area (Å²) in [6.45, 7) is 0.872. The molecule has 1 aromatic heterocycles. The van der Waals surface area contributed by atoms with Gasteiger partial charge in [0.15, 0.2) is 11.5 Å². The number of nitrogens with two attached hydrogens (primary N) is 1. The maximum atomic E-state index is 12.1. The molecule has 0 radical (unpaired) electrons. The highest BCUT2D eigenvalue weighted by Gasteiger charge is 2.14. The Hall–Kier alpha value is -2.12. The molecule has 1 aliphatic rings. The summed E-state index contributed by atoms with van der Waals surface area (Å²) in [7, 11) is 0. The van der Waals surface area contributed by atoms with Gasteiger partial charge in [-0.3, -0.25) is 4.79 Å².